The second kappa shape index (κ2) is 7.53. The van der Waals surface area contributed by atoms with Crippen LogP contribution < -0.4 is 4.90 Å². The molecule has 0 bridgehead atoms. The highest BCUT2D eigenvalue weighted by molar-refractivity contribution is 5.94. The minimum Gasteiger partial charge on any atom is -0.339 e. The first kappa shape index (κ1) is 19.3. The first-order chi connectivity index (χ1) is 15.0. The van der Waals surface area contributed by atoms with E-state index in [0.717, 1.165) is 12.1 Å². The van der Waals surface area contributed by atoms with E-state index in [9.17, 15) is 18.0 Å². The normalized spacial score (nSPS) is 17.3. The van der Waals surface area contributed by atoms with Crippen LogP contribution in [0.1, 0.15) is 31.1 Å². The molecule has 158 valence electrons. The second-order valence-corrected chi connectivity index (χ2v) is 7.39. The van der Waals surface area contributed by atoms with E-state index >= 15 is 0 Å². The van der Waals surface area contributed by atoms with Crippen molar-refractivity contribution in [3.63, 3.8) is 0 Å². The van der Waals surface area contributed by atoms with Gasteiger partial charge in [-0.05, 0) is 37.1 Å². The summed E-state index contributed by atoms with van der Waals surface area (Å²) in [5, 5.41) is 10.9. The maximum atomic E-state index is 14.2. The van der Waals surface area contributed by atoms with E-state index in [2.05, 4.69) is 20.3 Å². The van der Waals surface area contributed by atoms with Crippen LogP contribution >= 0.6 is 0 Å². The fraction of sp³-hybridized carbons (Fsp3) is 0.238. The molecule has 1 aliphatic heterocycles. The molecular formula is C21H16F3N5O2. The molecule has 0 aliphatic carbocycles. The zero-order chi connectivity index (χ0) is 21.5. The molecular weight excluding hydrogens is 411 g/mol. The fourth-order valence-corrected chi connectivity index (χ4v) is 3.91. The van der Waals surface area contributed by atoms with Crippen LogP contribution in [0.4, 0.5) is 18.9 Å². The largest absolute Gasteiger partial charge is 0.339 e. The molecule has 3 heterocycles. The predicted molar refractivity (Wildman–Crippen MR) is 105 cm³/mol. The Balaban J connectivity index is 1.41. The van der Waals surface area contributed by atoms with E-state index in [1.807, 2.05) is 0 Å². The molecule has 2 aromatic heterocycles. The lowest BCUT2D eigenvalue weighted by atomic mass is 10.0. The summed E-state index contributed by atoms with van der Waals surface area (Å²) >= 11 is 0. The Labute approximate surface area is 173 Å². The van der Waals surface area contributed by atoms with E-state index in [1.54, 1.807) is 0 Å². The highest BCUT2D eigenvalue weighted by Crippen LogP contribution is 2.33. The topological polar surface area (TPSA) is 87.9 Å². The Bertz CT molecular complexity index is 1290. The lowest BCUT2D eigenvalue weighted by Gasteiger charge is -2.21. The van der Waals surface area contributed by atoms with Crippen molar-refractivity contribution in [1.82, 2.24) is 20.3 Å². The number of nitrogens with zero attached hydrogens (tertiary/aromatic N) is 4. The average molecular weight is 427 g/mol. The molecule has 0 radical (unpaired) electrons. The third kappa shape index (κ3) is 3.43. The molecule has 1 saturated heterocycles. The van der Waals surface area contributed by atoms with E-state index in [1.165, 1.54) is 29.3 Å². The van der Waals surface area contributed by atoms with Crippen LogP contribution in [0.15, 0.2) is 41.1 Å². The first-order valence-electron chi connectivity index (χ1n) is 9.72. The molecule has 1 unspecified atom stereocenters. The van der Waals surface area contributed by atoms with Crippen LogP contribution in [-0.4, -0.2) is 32.8 Å². The Hall–Kier alpha value is -3.69. The summed E-state index contributed by atoms with van der Waals surface area (Å²) < 4.78 is 46.7. The van der Waals surface area contributed by atoms with Gasteiger partial charge in [-0.25, -0.2) is 13.2 Å². The average Bonchev–Trinajstić information content (AvgIpc) is 3.38. The van der Waals surface area contributed by atoms with Gasteiger partial charge in [0.2, 0.25) is 17.6 Å². The lowest BCUT2D eigenvalue weighted by molar-refractivity contribution is -0.118. The highest BCUT2D eigenvalue weighted by Gasteiger charge is 2.30. The number of hydrogen-bond acceptors (Lipinski definition) is 5. The van der Waals surface area contributed by atoms with Crippen LogP contribution in [-0.2, 0) is 4.79 Å². The summed E-state index contributed by atoms with van der Waals surface area (Å²) in [7, 11) is 0. The molecule has 1 aliphatic rings. The zero-order valence-corrected chi connectivity index (χ0v) is 16.1. The molecule has 10 heteroatoms. The number of hydrogen-bond donors (Lipinski definition) is 1. The number of aromatic nitrogens is 4. The van der Waals surface area contributed by atoms with Gasteiger partial charge in [0.1, 0.15) is 17.5 Å². The molecule has 1 amide bonds. The van der Waals surface area contributed by atoms with Gasteiger partial charge >= 0.3 is 0 Å². The number of carbonyl (C=O) groups excluding carboxylic acids is 1. The summed E-state index contributed by atoms with van der Waals surface area (Å²) in [4.78, 5) is 18.6. The standard InChI is InChI=1S/C21H16F3N5O2/c22-12-3-6-17(16(24)9-12)29-7-1-2-11(8-18(29)30)21-26-20(28-31-21)13-4-5-15(23)14-10-25-27-19(13)14/h3-6,9-11H,1-2,7-8H2,(H,25,27). The van der Waals surface area contributed by atoms with Crippen molar-refractivity contribution in [3.05, 3.63) is 59.9 Å². The third-order valence-electron chi connectivity index (χ3n) is 5.45. The van der Waals surface area contributed by atoms with Gasteiger partial charge in [-0.15, -0.1) is 0 Å². The molecule has 0 spiro atoms. The Morgan fingerprint density at radius 1 is 1.13 bits per heavy atom. The van der Waals surface area contributed by atoms with Crippen LogP contribution in [0.2, 0.25) is 0 Å². The van der Waals surface area contributed by atoms with Crippen molar-refractivity contribution < 1.29 is 22.5 Å². The Kier molecular flexibility index (Phi) is 4.68. The second-order valence-electron chi connectivity index (χ2n) is 7.39. The van der Waals surface area contributed by atoms with Gasteiger partial charge in [-0.3, -0.25) is 9.89 Å². The number of aromatic amines is 1. The molecule has 2 aromatic carbocycles. The fourth-order valence-electron chi connectivity index (χ4n) is 3.91. The molecule has 31 heavy (non-hydrogen) atoms. The minimum absolute atomic E-state index is 0.0430. The first-order valence-corrected chi connectivity index (χ1v) is 9.72. The number of anilines is 1. The van der Waals surface area contributed by atoms with Gasteiger partial charge in [-0.1, -0.05) is 5.16 Å². The SMILES string of the molecule is O=C1CC(c2nc(-c3ccc(F)c4cn[nH]c34)no2)CCCN1c1ccc(F)cc1F. The minimum atomic E-state index is -0.785. The van der Waals surface area contributed by atoms with Crippen molar-refractivity contribution in [1.29, 1.82) is 0 Å². The van der Waals surface area contributed by atoms with Crippen LogP contribution in [0.5, 0.6) is 0 Å². The highest BCUT2D eigenvalue weighted by atomic mass is 19.1. The van der Waals surface area contributed by atoms with E-state index in [4.69, 9.17) is 4.52 Å². The van der Waals surface area contributed by atoms with E-state index in [-0.39, 0.29) is 35.6 Å². The van der Waals surface area contributed by atoms with Gasteiger partial charge in [0.25, 0.3) is 0 Å². The Morgan fingerprint density at radius 2 is 2.00 bits per heavy atom. The number of amides is 1. The molecule has 7 nitrogen and oxygen atoms in total. The molecule has 1 N–H and O–H groups in total. The number of nitrogens with one attached hydrogen (secondary N) is 1. The lowest BCUT2D eigenvalue weighted by Crippen LogP contribution is -2.31. The van der Waals surface area contributed by atoms with E-state index in [0.29, 0.717) is 35.9 Å². The van der Waals surface area contributed by atoms with Crippen molar-refractivity contribution in [2.24, 2.45) is 0 Å². The van der Waals surface area contributed by atoms with Crippen LogP contribution in [0.3, 0.4) is 0 Å². The zero-order valence-electron chi connectivity index (χ0n) is 16.1. The monoisotopic (exact) mass is 427 g/mol. The molecule has 4 aromatic rings. The van der Waals surface area contributed by atoms with E-state index < -0.39 is 17.5 Å². The van der Waals surface area contributed by atoms with Crippen molar-refractivity contribution in [3.8, 4) is 11.4 Å². The van der Waals surface area contributed by atoms with Crippen molar-refractivity contribution >= 4 is 22.5 Å². The smallest absolute Gasteiger partial charge is 0.230 e. The number of halogens is 3. The molecule has 1 atom stereocenters. The van der Waals surface area contributed by atoms with Gasteiger partial charge in [-0.2, -0.15) is 10.1 Å². The third-order valence-corrected chi connectivity index (χ3v) is 5.45. The summed E-state index contributed by atoms with van der Waals surface area (Å²) in [6, 6.07) is 5.97. The van der Waals surface area contributed by atoms with Gasteiger partial charge in [0.05, 0.1) is 22.8 Å². The number of carbonyl (C=O) groups is 1. The number of H-pyrrole nitrogens is 1. The van der Waals surface area contributed by atoms with Crippen LogP contribution in [0.25, 0.3) is 22.3 Å². The summed E-state index contributed by atoms with van der Waals surface area (Å²) in [6.07, 6.45) is 2.57. The summed E-state index contributed by atoms with van der Waals surface area (Å²) in [5.74, 6) is -2.04. The van der Waals surface area contributed by atoms with Gasteiger partial charge < -0.3 is 9.42 Å². The summed E-state index contributed by atoms with van der Waals surface area (Å²) in [5.41, 5.74) is 1.02. The molecule has 1 fully saturated rings. The van der Waals surface area contributed by atoms with Gasteiger partial charge in [0, 0.05) is 30.5 Å². The molecule has 0 saturated carbocycles. The predicted octanol–water partition coefficient (Wildman–Crippen LogP) is 4.33. The maximum Gasteiger partial charge on any atom is 0.230 e. The molecule has 5 rings (SSSR count). The van der Waals surface area contributed by atoms with Crippen LogP contribution in [0, 0.1) is 17.5 Å². The number of rotatable bonds is 3. The van der Waals surface area contributed by atoms with Crippen molar-refractivity contribution in [2.45, 2.75) is 25.2 Å². The summed E-state index contributed by atoms with van der Waals surface area (Å²) in [6.45, 7) is 0.297. The number of fused-ring (bicyclic) bond motifs is 1. The Morgan fingerprint density at radius 3 is 2.84 bits per heavy atom. The van der Waals surface area contributed by atoms with Gasteiger partial charge in [0.15, 0.2) is 0 Å². The quantitative estimate of drug-likeness (QED) is 0.526. The van der Waals surface area contributed by atoms with Crippen molar-refractivity contribution in [2.75, 3.05) is 11.4 Å². The number of benzene rings is 2. The maximum absolute atomic E-state index is 14.2.